The second-order valence-electron chi connectivity index (χ2n) is 13.1. The van der Waals surface area contributed by atoms with Gasteiger partial charge in [-0.1, -0.05) is 86.0 Å². The van der Waals surface area contributed by atoms with E-state index in [1.54, 1.807) is 6.20 Å². The van der Waals surface area contributed by atoms with Crippen LogP contribution in [-0.4, -0.2) is 29.2 Å². The summed E-state index contributed by atoms with van der Waals surface area (Å²) >= 11 is 0. The molecule has 1 aromatic heterocycles. The largest absolute Gasteiger partial charge is 0.487 e. The molecule has 2 fully saturated rings. The summed E-state index contributed by atoms with van der Waals surface area (Å²) in [6.07, 6.45) is 12.4. The van der Waals surface area contributed by atoms with Crippen LogP contribution in [0.15, 0.2) is 83.8 Å². The summed E-state index contributed by atoms with van der Waals surface area (Å²) in [7, 11) is 0. The van der Waals surface area contributed by atoms with Crippen LogP contribution in [0.4, 0.5) is 0 Å². The van der Waals surface area contributed by atoms with Crippen molar-refractivity contribution >= 4 is 16.7 Å². The van der Waals surface area contributed by atoms with Gasteiger partial charge < -0.3 is 19.9 Å². The van der Waals surface area contributed by atoms with E-state index in [0.717, 1.165) is 75.5 Å². The number of nitrogens with one attached hydrogen (secondary N) is 2. The number of aryl methyl sites for hydroxylation is 2. The van der Waals surface area contributed by atoms with E-state index < -0.39 is 0 Å². The second-order valence-corrected chi connectivity index (χ2v) is 13.1. The van der Waals surface area contributed by atoms with Crippen molar-refractivity contribution in [3.05, 3.63) is 112 Å². The number of hydrogen-bond donors (Lipinski definition) is 2. The number of benzene rings is 3. The molecule has 6 heteroatoms. The fourth-order valence-corrected chi connectivity index (χ4v) is 7.14. The lowest BCUT2D eigenvalue weighted by Gasteiger charge is -2.48. The molecule has 2 saturated carbocycles. The highest BCUT2D eigenvalue weighted by molar-refractivity contribution is 6.06. The third-order valence-corrected chi connectivity index (χ3v) is 9.91. The number of aromatic nitrogens is 1. The molecular formula is C39H47N3O3. The van der Waals surface area contributed by atoms with Crippen molar-refractivity contribution in [3.8, 4) is 5.75 Å². The molecule has 1 spiro atoms. The Hall–Kier alpha value is -3.90. The van der Waals surface area contributed by atoms with Crippen molar-refractivity contribution in [1.82, 2.24) is 15.2 Å². The van der Waals surface area contributed by atoms with E-state index >= 15 is 0 Å². The summed E-state index contributed by atoms with van der Waals surface area (Å²) in [5.41, 5.74) is 4.53. The van der Waals surface area contributed by atoms with Crippen molar-refractivity contribution in [2.75, 3.05) is 13.1 Å². The number of ether oxygens (including phenoxy) is 1. The Morgan fingerprint density at radius 1 is 0.933 bits per heavy atom. The van der Waals surface area contributed by atoms with Crippen molar-refractivity contribution in [2.45, 2.75) is 95.7 Å². The fraction of sp³-hybridized carbons (Fsp3) is 0.436. The van der Waals surface area contributed by atoms with Crippen molar-refractivity contribution in [3.63, 3.8) is 0 Å². The molecule has 0 bridgehead atoms. The van der Waals surface area contributed by atoms with Gasteiger partial charge in [0, 0.05) is 47.6 Å². The summed E-state index contributed by atoms with van der Waals surface area (Å²) in [6, 6.07) is 24.9. The van der Waals surface area contributed by atoms with Crippen LogP contribution < -0.4 is 20.9 Å². The van der Waals surface area contributed by atoms with Gasteiger partial charge in [0.2, 0.25) is 0 Å². The average molecular weight is 606 g/mol. The van der Waals surface area contributed by atoms with Crippen LogP contribution in [-0.2, 0) is 6.42 Å². The number of rotatable bonds is 8. The second kappa shape index (κ2) is 14.0. The SMILES string of the molecule is CCc1ccc2c(c1)C(NCCCNC(=O)c1cn(C3CCCC3)c(=O)c3ccccc13)CC1(CCC1)O2.Cc1ccccc1. The van der Waals surface area contributed by atoms with Gasteiger partial charge in [0.1, 0.15) is 11.4 Å². The van der Waals surface area contributed by atoms with Gasteiger partial charge in [0.15, 0.2) is 0 Å². The Kier molecular flexibility index (Phi) is 9.70. The first-order valence-electron chi connectivity index (χ1n) is 17.0. The third-order valence-electron chi connectivity index (χ3n) is 9.91. The fourth-order valence-electron chi connectivity index (χ4n) is 7.14. The maximum Gasteiger partial charge on any atom is 0.258 e. The molecule has 2 N–H and O–H groups in total. The Labute approximate surface area is 267 Å². The standard InChI is InChI=1S/C32H39N3O3.C7H8/c1-2-22-13-14-29-26(19-22)28(20-32(38-29)15-7-16-32)33-17-8-18-34-30(36)27-21-35(23-9-3-4-10-23)31(37)25-12-6-5-11-24(25)27;1-7-5-3-2-4-6-7/h5-6,11-14,19,21,23,28,33H,2-4,7-10,15-18,20H2,1H3,(H,34,36);2-6H,1H3. The number of pyridine rings is 1. The Bertz CT molecular complexity index is 1670. The van der Waals surface area contributed by atoms with E-state index in [1.807, 2.05) is 47.0 Å². The van der Waals surface area contributed by atoms with Gasteiger partial charge in [-0.3, -0.25) is 9.59 Å². The molecule has 7 rings (SSSR count). The topological polar surface area (TPSA) is 72.4 Å². The highest BCUT2D eigenvalue weighted by atomic mass is 16.5. The van der Waals surface area contributed by atoms with E-state index in [-0.39, 0.29) is 29.2 Å². The molecule has 6 nitrogen and oxygen atoms in total. The van der Waals surface area contributed by atoms with Crippen molar-refractivity contribution in [1.29, 1.82) is 0 Å². The predicted octanol–water partition coefficient (Wildman–Crippen LogP) is 7.83. The first-order valence-corrected chi connectivity index (χ1v) is 17.0. The zero-order valence-electron chi connectivity index (χ0n) is 26.8. The molecule has 2 heterocycles. The minimum atomic E-state index is -0.106. The van der Waals surface area contributed by atoms with E-state index in [1.165, 1.54) is 23.1 Å². The molecule has 1 unspecified atom stereocenters. The number of carbonyl (C=O) groups excluding carboxylic acids is 1. The minimum absolute atomic E-state index is 0.00388. The molecule has 3 aliphatic rings. The molecule has 1 amide bonds. The molecule has 1 atom stereocenters. The van der Waals surface area contributed by atoms with E-state index in [9.17, 15) is 9.59 Å². The summed E-state index contributed by atoms with van der Waals surface area (Å²) in [6.45, 7) is 5.67. The molecule has 0 radical (unpaired) electrons. The van der Waals surface area contributed by atoms with Crippen molar-refractivity contribution in [2.24, 2.45) is 0 Å². The predicted molar refractivity (Wildman–Crippen MR) is 182 cm³/mol. The van der Waals surface area contributed by atoms with Crippen LogP contribution >= 0.6 is 0 Å². The van der Waals surface area contributed by atoms with Crippen molar-refractivity contribution < 1.29 is 9.53 Å². The molecule has 0 saturated heterocycles. The lowest BCUT2D eigenvalue weighted by Crippen LogP contribution is -2.49. The molecule has 3 aromatic carbocycles. The molecule has 236 valence electrons. The quantitative estimate of drug-likeness (QED) is 0.201. The lowest BCUT2D eigenvalue weighted by atomic mass is 9.72. The molecule has 45 heavy (non-hydrogen) atoms. The van der Waals surface area contributed by atoms with Gasteiger partial charge >= 0.3 is 0 Å². The number of amides is 1. The molecule has 1 aliphatic heterocycles. The summed E-state index contributed by atoms with van der Waals surface area (Å²) in [5.74, 6) is 0.925. The van der Waals surface area contributed by atoms with Crippen LogP contribution in [0.3, 0.4) is 0 Å². The number of nitrogens with zero attached hydrogens (tertiary/aromatic N) is 1. The monoisotopic (exact) mass is 605 g/mol. The summed E-state index contributed by atoms with van der Waals surface area (Å²) in [4.78, 5) is 26.5. The van der Waals surface area contributed by atoms with Gasteiger partial charge in [-0.05, 0) is 76.1 Å². The lowest BCUT2D eigenvalue weighted by molar-refractivity contribution is -0.0368. The van der Waals surface area contributed by atoms with E-state index in [0.29, 0.717) is 17.5 Å². The Balaban J connectivity index is 0.000000452. The number of carbonyl (C=O) groups is 1. The van der Waals surface area contributed by atoms with Gasteiger partial charge in [-0.15, -0.1) is 0 Å². The van der Waals surface area contributed by atoms with Crippen LogP contribution in [0.2, 0.25) is 0 Å². The first-order chi connectivity index (χ1) is 22.0. The number of hydrogen-bond acceptors (Lipinski definition) is 4. The zero-order chi connectivity index (χ0) is 31.2. The maximum absolute atomic E-state index is 13.3. The summed E-state index contributed by atoms with van der Waals surface area (Å²) in [5, 5.41) is 8.26. The van der Waals surface area contributed by atoms with Crippen LogP contribution in [0.25, 0.3) is 10.8 Å². The zero-order valence-corrected chi connectivity index (χ0v) is 26.8. The Morgan fingerprint density at radius 3 is 2.33 bits per heavy atom. The minimum Gasteiger partial charge on any atom is -0.487 e. The van der Waals surface area contributed by atoms with Gasteiger partial charge in [0.05, 0.1) is 5.56 Å². The Morgan fingerprint density at radius 2 is 1.67 bits per heavy atom. The summed E-state index contributed by atoms with van der Waals surface area (Å²) < 4.78 is 8.28. The van der Waals surface area contributed by atoms with Gasteiger partial charge in [0.25, 0.3) is 11.5 Å². The molecular weight excluding hydrogens is 558 g/mol. The first kappa shape index (κ1) is 31.1. The average Bonchev–Trinajstić information content (AvgIpc) is 3.59. The van der Waals surface area contributed by atoms with Crippen LogP contribution in [0.1, 0.15) is 104 Å². The van der Waals surface area contributed by atoms with E-state index in [2.05, 4.69) is 54.8 Å². The maximum atomic E-state index is 13.3. The van der Waals surface area contributed by atoms with Crippen LogP contribution in [0, 0.1) is 6.92 Å². The smallest absolute Gasteiger partial charge is 0.258 e. The third kappa shape index (κ3) is 7.01. The highest BCUT2D eigenvalue weighted by Crippen LogP contribution is 2.49. The van der Waals surface area contributed by atoms with Gasteiger partial charge in [-0.2, -0.15) is 0 Å². The normalized spacial score (nSPS) is 18.4. The molecule has 2 aliphatic carbocycles. The van der Waals surface area contributed by atoms with E-state index in [4.69, 9.17) is 4.74 Å². The van der Waals surface area contributed by atoms with Crippen LogP contribution in [0.5, 0.6) is 5.75 Å². The van der Waals surface area contributed by atoms with Gasteiger partial charge in [-0.25, -0.2) is 0 Å². The number of fused-ring (bicyclic) bond motifs is 2. The molecule has 4 aromatic rings. The highest BCUT2D eigenvalue weighted by Gasteiger charge is 2.45.